The number of para-hydroxylation sites is 6. The molecule has 0 saturated heterocycles. The van der Waals surface area contributed by atoms with Crippen molar-refractivity contribution in [2.24, 2.45) is 0 Å². The Morgan fingerprint density at radius 1 is 0.196 bits per heavy atom. The van der Waals surface area contributed by atoms with E-state index in [1.54, 1.807) is 0 Å². The fraction of sp³-hybridized carbons (Fsp3) is 0.0392. The molecule has 0 aliphatic carbocycles. The van der Waals surface area contributed by atoms with Crippen molar-refractivity contribution in [1.82, 2.24) is 49.0 Å². The van der Waals surface area contributed by atoms with Crippen LogP contribution in [0, 0.1) is 0 Å². The molecule has 15 aromatic carbocycles. The van der Waals surface area contributed by atoms with Crippen LogP contribution in [0.5, 0.6) is 0 Å². The molecule has 528 valence electrons. The lowest BCUT2D eigenvalue weighted by molar-refractivity contribution is 0.908. The first-order valence-electron chi connectivity index (χ1n) is 38.2. The number of hydrogen-bond acceptors (Lipinski definition) is 8. The molecule has 21 rings (SSSR count). The van der Waals surface area contributed by atoms with Gasteiger partial charge in [-0.2, -0.15) is 0 Å². The Hall–Kier alpha value is -14.7. The van der Waals surface area contributed by atoms with E-state index in [1.165, 1.54) is 11.1 Å². The highest BCUT2D eigenvalue weighted by atomic mass is 15.1. The van der Waals surface area contributed by atoms with Gasteiger partial charge in [0.15, 0.2) is 11.6 Å². The quantitative estimate of drug-likeness (QED) is 0.105. The number of fused-ring (bicyclic) bond motifs is 12. The maximum absolute atomic E-state index is 5.32. The Kier molecular flexibility index (Phi) is 16.9. The second kappa shape index (κ2) is 28.4. The maximum atomic E-state index is 5.32. The number of benzene rings is 15. The Balaban J connectivity index is 0.000000147. The minimum atomic E-state index is 0.711. The van der Waals surface area contributed by atoms with Gasteiger partial charge in [0.2, 0.25) is 0 Å². The molecule has 0 atom stereocenters. The molecule has 0 saturated carbocycles. The number of rotatable bonds is 13. The van der Waals surface area contributed by atoms with Crippen molar-refractivity contribution in [3.8, 4) is 113 Å². The molecule has 0 radical (unpaired) electrons. The van der Waals surface area contributed by atoms with Gasteiger partial charge in [-0.05, 0) is 105 Å². The second-order valence-electron chi connectivity index (χ2n) is 28.2. The Bertz CT molecular complexity index is 7130. The smallest absolute Gasteiger partial charge is 0.160 e. The molecule has 0 fully saturated rings. The zero-order valence-corrected chi connectivity index (χ0v) is 61.5. The third-order valence-corrected chi connectivity index (χ3v) is 21.6. The molecule has 0 aliphatic heterocycles. The van der Waals surface area contributed by atoms with E-state index in [0.29, 0.717) is 5.82 Å². The molecule has 0 spiro atoms. The monoisotopic (exact) mass is 1430 g/mol. The van der Waals surface area contributed by atoms with Gasteiger partial charge in [-0.25, -0.2) is 39.9 Å². The van der Waals surface area contributed by atoms with Crippen LogP contribution in [0.1, 0.15) is 25.5 Å². The van der Waals surface area contributed by atoms with Gasteiger partial charge in [-0.1, -0.05) is 317 Å². The first kappa shape index (κ1) is 66.7. The van der Waals surface area contributed by atoms with Gasteiger partial charge in [-0.3, -0.25) is 9.13 Å². The molecule has 0 amide bonds. The Labute approximate surface area is 647 Å². The zero-order chi connectivity index (χ0) is 74.6. The van der Waals surface area contributed by atoms with E-state index in [2.05, 4.69) is 344 Å². The highest BCUT2D eigenvalue weighted by Gasteiger charge is 2.23. The van der Waals surface area contributed by atoms with Crippen molar-refractivity contribution >= 4 is 87.2 Å². The van der Waals surface area contributed by atoms with E-state index >= 15 is 0 Å². The standard InChI is InChI=1S/C54H37N5.C48H33N5/c1-2-49-57-53-48(59(49)42-15-7-4-8-16-42)34-33-44-43-17-9-11-19-46(43)55-52(50(44)53)40-29-23-38(24-30-40)37-21-27-39(28-22-37)51-45-18-10-12-20-47(45)56-54(58-51)41-31-25-36(26-32-41)35-13-5-3-6-14-35;1-2-43-51-47-42(53(43)36-15-7-4-8-16-36)30-29-38-37-17-9-11-19-40(37)49-46(44(38)47)34-27-23-32(24-28-34)31-21-25-33(26-22-31)45-39-18-10-12-20-41(39)50-48(52-45)35-13-5-3-6-14-35/h3-34H,2H2,1H3;3-30H,2H2,1H3. The van der Waals surface area contributed by atoms with Crippen LogP contribution < -0.4 is 0 Å². The lowest BCUT2D eigenvalue weighted by atomic mass is 9.96. The van der Waals surface area contributed by atoms with E-state index in [9.17, 15) is 0 Å². The molecular weight excluding hydrogens is 1370 g/mol. The van der Waals surface area contributed by atoms with Crippen LogP contribution in [0.2, 0.25) is 0 Å². The molecule has 6 heterocycles. The average Bonchev–Trinajstić information content (AvgIpc) is 1.54. The first-order valence-corrected chi connectivity index (χ1v) is 38.2. The number of nitrogens with zero attached hydrogens (tertiary/aromatic N) is 10. The normalized spacial score (nSPS) is 11.6. The molecule has 0 aliphatic rings. The van der Waals surface area contributed by atoms with Gasteiger partial charge in [0, 0.05) is 89.9 Å². The van der Waals surface area contributed by atoms with Gasteiger partial charge in [0.1, 0.15) is 11.6 Å². The number of imidazole rings is 2. The molecule has 10 heteroatoms. The molecule has 0 unspecified atom stereocenters. The molecule has 21 aromatic rings. The summed E-state index contributed by atoms with van der Waals surface area (Å²) in [4.78, 5) is 41.3. The summed E-state index contributed by atoms with van der Waals surface area (Å²) in [6.07, 6.45) is 1.63. The third-order valence-electron chi connectivity index (χ3n) is 21.6. The van der Waals surface area contributed by atoms with Crippen LogP contribution in [0.4, 0.5) is 0 Å². The van der Waals surface area contributed by atoms with E-state index in [-0.39, 0.29) is 0 Å². The van der Waals surface area contributed by atoms with Crippen molar-refractivity contribution in [2.45, 2.75) is 26.7 Å². The van der Waals surface area contributed by atoms with E-state index in [1.807, 2.05) is 42.5 Å². The minimum Gasteiger partial charge on any atom is -0.296 e. The molecule has 10 nitrogen and oxygen atoms in total. The molecule has 0 bridgehead atoms. The van der Waals surface area contributed by atoms with E-state index in [4.69, 9.17) is 39.9 Å². The third kappa shape index (κ3) is 12.0. The van der Waals surface area contributed by atoms with Gasteiger partial charge in [-0.15, -0.1) is 0 Å². The summed E-state index contributed by atoms with van der Waals surface area (Å²) in [5.41, 5.74) is 26.9. The predicted molar refractivity (Wildman–Crippen MR) is 462 cm³/mol. The van der Waals surface area contributed by atoms with Gasteiger partial charge in [0.05, 0.1) is 66.9 Å². The fourth-order valence-corrected chi connectivity index (χ4v) is 16.0. The summed E-state index contributed by atoms with van der Waals surface area (Å²) in [6, 6.07) is 127. The number of aromatic nitrogens is 10. The van der Waals surface area contributed by atoms with Crippen molar-refractivity contribution in [1.29, 1.82) is 0 Å². The highest BCUT2D eigenvalue weighted by Crippen LogP contribution is 2.43. The Morgan fingerprint density at radius 3 is 0.821 bits per heavy atom. The SMILES string of the molecule is CCc1nc2c3c(-c4ccc(-c5ccc(-c6nc(-c7ccc(-c8ccccc8)cc7)nc7ccccc67)cc5)cc4)nc4ccccc4c3ccc2n1-c1ccccc1.CCc1nc2c3c(-c4ccc(-c5ccc(-c6nc(-c7ccccc7)nc7ccccc67)cc5)cc4)nc4ccccc4c3ccc2n1-c1ccccc1. The van der Waals surface area contributed by atoms with Crippen LogP contribution >= 0.6 is 0 Å². The molecular formula is C102H70N10. The number of hydrogen-bond donors (Lipinski definition) is 0. The van der Waals surface area contributed by atoms with Gasteiger partial charge in [0.25, 0.3) is 0 Å². The van der Waals surface area contributed by atoms with Crippen LogP contribution in [0.25, 0.3) is 200 Å². The van der Waals surface area contributed by atoms with Crippen LogP contribution in [-0.2, 0) is 12.8 Å². The molecule has 6 aromatic heterocycles. The van der Waals surface area contributed by atoms with Gasteiger partial charge < -0.3 is 0 Å². The van der Waals surface area contributed by atoms with Crippen molar-refractivity contribution in [3.63, 3.8) is 0 Å². The zero-order valence-electron chi connectivity index (χ0n) is 61.5. The number of pyridine rings is 2. The highest BCUT2D eigenvalue weighted by molar-refractivity contribution is 6.21. The Morgan fingerprint density at radius 2 is 0.464 bits per heavy atom. The second-order valence-corrected chi connectivity index (χ2v) is 28.2. The summed E-state index contributed by atoms with van der Waals surface area (Å²) in [5.74, 6) is 3.50. The van der Waals surface area contributed by atoms with E-state index in [0.717, 1.165) is 207 Å². The van der Waals surface area contributed by atoms with Crippen molar-refractivity contribution in [2.75, 3.05) is 0 Å². The summed E-state index contributed by atoms with van der Waals surface area (Å²) < 4.78 is 4.57. The summed E-state index contributed by atoms with van der Waals surface area (Å²) in [7, 11) is 0. The maximum Gasteiger partial charge on any atom is 0.160 e. The van der Waals surface area contributed by atoms with Crippen molar-refractivity contribution < 1.29 is 0 Å². The largest absolute Gasteiger partial charge is 0.296 e. The van der Waals surface area contributed by atoms with Crippen LogP contribution in [-0.4, -0.2) is 49.0 Å². The molecule has 0 N–H and O–H groups in total. The average molecular weight is 1440 g/mol. The van der Waals surface area contributed by atoms with E-state index < -0.39 is 0 Å². The fourth-order valence-electron chi connectivity index (χ4n) is 16.0. The lowest BCUT2D eigenvalue weighted by Crippen LogP contribution is -1.99. The predicted octanol–water partition coefficient (Wildman–Crippen LogP) is 25.5. The van der Waals surface area contributed by atoms with Crippen molar-refractivity contribution in [3.05, 3.63) is 376 Å². The molecule has 112 heavy (non-hydrogen) atoms. The lowest BCUT2D eigenvalue weighted by Gasteiger charge is -2.13. The summed E-state index contributed by atoms with van der Waals surface area (Å²) in [6.45, 7) is 4.34. The number of aryl methyl sites for hydroxylation is 2. The van der Waals surface area contributed by atoms with Gasteiger partial charge >= 0.3 is 0 Å². The topological polar surface area (TPSA) is 113 Å². The first-order chi connectivity index (χ1) is 55.4. The summed E-state index contributed by atoms with van der Waals surface area (Å²) in [5, 5.41) is 8.78. The van der Waals surface area contributed by atoms with Crippen LogP contribution in [0.3, 0.4) is 0 Å². The van der Waals surface area contributed by atoms with Crippen LogP contribution in [0.15, 0.2) is 364 Å². The summed E-state index contributed by atoms with van der Waals surface area (Å²) >= 11 is 0. The minimum absolute atomic E-state index is 0.711.